The first kappa shape index (κ1) is 10.7. The van der Waals surface area contributed by atoms with Gasteiger partial charge in [0, 0.05) is 19.2 Å². The molecule has 78 valence electrons. The summed E-state index contributed by atoms with van der Waals surface area (Å²) < 4.78 is 26.0. The number of nitrogens with zero attached hydrogens (tertiary/aromatic N) is 2. The third kappa shape index (κ3) is 1.92. The number of rotatable bonds is 3. The summed E-state index contributed by atoms with van der Waals surface area (Å²) in [5, 5.41) is 0. The van der Waals surface area contributed by atoms with E-state index in [9.17, 15) is 8.78 Å². The SMILES string of the molecule is CCN(CC)c1nc(N)c(F)cc1F. The average Bonchev–Trinajstić information content (AvgIpc) is 2.15. The first-order valence-electron chi connectivity index (χ1n) is 4.46. The van der Waals surface area contributed by atoms with E-state index < -0.39 is 11.6 Å². The standard InChI is InChI=1S/C9H13F2N3/c1-3-14(4-2)9-7(11)5-6(10)8(12)13-9/h5H,3-4H2,1-2H3,(H2,12,13). The second kappa shape index (κ2) is 4.21. The molecule has 1 aromatic rings. The van der Waals surface area contributed by atoms with Crippen LogP contribution in [0.4, 0.5) is 20.4 Å². The van der Waals surface area contributed by atoms with Crippen LogP contribution in [0.5, 0.6) is 0 Å². The fourth-order valence-electron chi connectivity index (χ4n) is 1.22. The van der Waals surface area contributed by atoms with Gasteiger partial charge < -0.3 is 10.6 Å². The Morgan fingerprint density at radius 1 is 1.29 bits per heavy atom. The lowest BCUT2D eigenvalue weighted by atomic mass is 10.3. The number of halogens is 2. The van der Waals surface area contributed by atoms with E-state index in [1.165, 1.54) is 0 Å². The molecule has 0 aliphatic rings. The van der Waals surface area contributed by atoms with Crippen LogP contribution in [0.25, 0.3) is 0 Å². The van der Waals surface area contributed by atoms with Gasteiger partial charge in [-0.05, 0) is 13.8 Å². The summed E-state index contributed by atoms with van der Waals surface area (Å²) in [6.45, 7) is 4.94. The summed E-state index contributed by atoms with van der Waals surface area (Å²) in [7, 11) is 0. The molecule has 1 heterocycles. The van der Waals surface area contributed by atoms with Gasteiger partial charge in [-0.15, -0.1) is 0 Å². The van der Waals surface area contributed by atoms with E-state index in [1.54, 1.807) is 4.90 Å². The van der Waals surface area contributed by atoms with Crippen molar-refractivity contribution in [1.29, 1.82) is 0 Å². The Bertz CT molecular complexity index is 324. The van der Waals surface area contributed by atoms with E-state index in [2.05, 4.69) is 4.98 Å². The van der Waals surface area contributed by atoms with Gasteiger partial charge in [0.2, 0.25) is 0 Å². The third-order valence-electron chi connectivity index (χ3n) is 2.00. The number of aromatic nitrogens is 1. The highest BCUT2D eigenvalue weighted by atomic mass is 19.1. The van der Waals surface area contributed by atoms with Gasteiger partial charge in [0.1, 0.15) is 0 Å². The van der Waals surface area contributed by atoms with E-state index in [4.69, 9.17) is 5.73 Å². The molecule has 0 amide bonds. The summed E-state index contributed by atoms with van der Waals surface area (Å²) in [5.41, 5.74) is 5.26. The molecule has 1 rings (SSSR count). The minimum absolute atomic E-state index is 0.105. The molecule has 0 aliphatic heterocycles. The van der Waals surface area contributed by atoms with Gasteiger partial charge in [-0.25, -0.2) is 13.8 Å². The van der Waals surface area contributed by atoms with Crippen molar-refractivity contribution in [3.05, 3.63) is 17.7 Å². The minimum atomic E-state index is -0.821. The number of nitrogens with two attached hydrogens (primary N) is 1. The van der Waals surface area contributed by atoms with E-state index >= 15 is 0 Å². The fourth-order valence-corrected chi connectivity index (χ4v) is 1.22. The number of hydrogen-bond acceptors (Lipinski definition) is 3. The van der Waals surface area contributed by atoms with Crippen molar-refractivity contribution in [3.63, 3.8) is 0 Å². The van der Waals surface area contributed by atoms with E-state index in [1.807, 2.05) is 13.8 Å². The molecule has 0 saturated heterocycles. The average molecular weight is 201 g/mol. The molecule has 0 bridgehead atoms. The lowest BCUT2D eigenvalue weighted by Gasteiger charge is -2.20. The molecule has 0 saturated carbocycles. The highest BCUT2D eigenvalue weighted by molar-refractivity contribution is 5.46. The summed E-state index contributed by atoms with van der Waals surface area (Å²) in [4.78, 5) is 5.34. The molecule has 0 aromatic carbocycles. The van der Waals surface area contributed by atoms with Crippen LogP contribution in [0.15, 0.2) is 6.07 Å². The quantitative estimate of drug-likeness (QED) is 0.810. The van der Waals surface area contributed by atoms with Gasteiger partial charge in [-0.1, -0.05) is 0 Å². The first-order chi connectivity index (χ1) is 6.60. The molecule has 0 unspecified atom stereocenters. The molecule has 0 atom stereocenters. The van der Waals surface area contributed by atoms with E-state index in [-0.39, 0.29) is 11.6 Å². The maximum absolute atomic E-state index is 13.3. The van der Waals surface area contributed by atoms with Crippen LogP contribution in [-0.4, -0.2) is 18.1 Å². The highest BCUT2D eigenvalue weighted by Crippen LogP contribution is 2.20. The molecule has 14 heavy (non-hydrogen) atoms. The molecular weight excluding hydrogens is 188 g/mol. The number of hydrogen-bond donors (Lipinski definition) is 1. The van der Waals surface area contributed by atoms with Gasteiger partial charge in [0.15, 0.2) is 23.3 Å². The predicted octanol–water partition coefficient (Wildman–Crippen LogP) is 1.79. The molecule has 0 spiro atoms. The Morgan fingerprint density at radius 3 is 2.36 bits per heavy atom. The Hall–Kier alpha value is -1.39. The normalized spacial score (nSPS) is 10.3. The zero-order valence-corrected chi connectivity index (χ0v) is 8.22. The Labute approximate surface area is 81.5 Å². The Morgan fingerprint density at radius 2 is 1.86 bits per heavy atom. The second-order valence-electron chi connectivity index (χ2n) is 2.83. The van der Waals surface area contributed by atoms with E-state index in [0.717, 1.165) is 6.07 Å². The van der Waals surface area contributed by atoms with Crippen molar-refractivity contribution < 1.29 is 8.78 Å². The Kier molecular flexibility index (Phi) is 3.22. The monoisotopic (exact) mass is 201 g/mol. The molecule has 2 N–H and O–H groups in total. The van der Waals surface area contributed by atoms with Gasteiger partial charge in [0.25, 0.3) is 0 Å². The van der Waals surface area contributed by atoms with Crippen LogP contribution in [0.3, 0.4) is 0 Å². The summed E-state index contributed by atoms with van der Waals surface area (Å²) in [6.07, 6.45) is 0. The topological polar surface area (TPSA) is 42.2 Å². The van der Waals surface area contributed by atoms with Crippen molar-refractivity contribution in [3.8, 4) is 0 Å². The van der Waals surface area contributed by atoms with Crippen molar-refractivity contribution >= 4 is 11.6 Å². The first-order valence-corrected chi connectivity index (χ1v) is 4.46. The van der Waals surface area contributed by atoms with Crippen molar-refractivity contribution in [2.45, 2.75) is 13.8 Å². The minimum Gasteiger partial charge on any atom is -0.381 e. The largest absolute Gasteiger partial charge is 0.381 e. The fraction of sp³-hybridized carbons (Fsp3) is 0.444. The highest BCUT2D eigenvalue weighted by Gasteiger charge is 2.13. The second-order valence-corrected chi connectivity index (χ2v) is 2.83. The summed E-state index contributed by atoms with van der Waals surface area (Å²) in [6, 6.07) is 0.760. The van der Waals surface area contributed by atoms with Crippen LogP contribution < -0.4 is 10.6 Å². The summed E-state index contributed by atoms with van der Waals surface area (Å²) >= 11 is 0. The molecular formula is C9H13F2N3. The Balaban J connectivity index is 3.14. The maximum Gasteiger partial charge on any atom is 0.168 e. The molecule has 1 aromatic heterocycles. The van der Waals surface area contributed by atoms with Crippen LogP contribution >= 0.6 is 0 Å². The lowest BCUT2D eigenvalue weighted by Crippen LogP contribution is -2.24. The van der Waals surface area contributed by atoms with Crippen LogP contribution in [-0.2, 0) is 0 Å². The number of anilines is 2. The van der Waals surface area contributed by atoms with Crippen LogP contribution in [0.1, 0.15) is 13.8 Å². The third-order valence-corrected chi connectivity index (χ3v) is 2.00. The maximum atomic E-state index is 13.3. The van der Waals surface area contributed by atoms with Crippen molar-refractivity contribution in [2.75, 3.05) is 23.7 Å². The predicted molar refractivity (Wildman–Crippen MR) is 52.1 cm³/mol. The smallest absolute Gasteiger partial charge is 0.168 e. The molecule has 0 aliphatic carbocycles. The van der Waals surface area contributed by atoms with Gasteiger partial charge in [-0.2, -0.15) is 0 Å². The zero-order valence-electron chi connectivity index (χ0n) is 8.22. The number of pyridine rings is 1. The molecule has 3 nitrogen and oxygen atoms in total. The summed E-state index contributed by atoms with van der Waals surface area (Å²) in [5.74, 6) is -1.67. The van der Waals surface area contributed by atoms with Crippen LogP contribution in [0, 0.1) is 11.6 Å². The van der Waals surface area contributed by atoms with E-state index in [0.29, 0.717) is 13.1 Å². The van der Waals surface area contributed by atoms with Crippen LogP contribution in [0.2, 0.25) is 0 Å². The zero-order chi connectivity index (χ0) is 10.7. The molecule has 0 radical (unpaired) electrons. The number of nitrogen functional groups attached to an aromatic ring is 1. The van der Waals surface area contributed by atoms with Crippen molar-refractivity contribution in [1.82, 2.24) is 4.98 Å². The van der Waals surface area contributed by atoms with Gasteiger partial charge in [0.05, 0.1) is 0 Å². The van der Waals surface area contributed by atoms with Crippen molar-refractivity contribution in [2.24, 2.45) is 0 Å². The molecule has 5 heteroatoms. The molecule has 0 fully saturated rings. The lowest BCUT2D eigenvalue weighted by molar-refractivity contribution is 0.572. The van der Waals surface area contributed by atoms with Gasteiger partial charge >= 0.3 is 0 Å². The van der Waals surface area contributed by atoms with Gasteiger partial charge in [-0.3, -0.25) is 0 Å².